The second kappa shape index (κ2) is 7.45. The van der Waals surface area contributed by atoms with Gasteiger partial charge in [-0.15, -0.1) is 0 Å². The third-order valence-corrected chi connectivity index (χ3v) is 3.48. The monoisotopic (exact) mass is 313 g/mol. The van der Waals surface area contributed by atoms with E-state index in [-0.39, 0.29) is 12.2 Å². The normalized spacial score (nSPS) is 11.6. The Kier molecular flexibility index (Phi) is 5.36. The largest absolute Gasteiger partial charge is 0.500 e. The molecule has 5 heteroatoms. The molecule has 1 aromatic carbocycles. The number of carboxylic acids is 1. The van der Waals surface area contributed by atoms with E-state index in [0.717, 1.165) is 11.1 Å². The number of carboxylic acid groups (broad SMARTS) is 1. The van der Waals surface area contributed by atoms with E-state index in [4.69, 9.17) is 9.47 Å². The third-order valence-electron chi connectivity index (χ3n) is 3.48. The maximum atomic E-state index is 11.6. The molecule has 2 rings (SSSR count). The summed E-state index contributed by atoms with van der Waals surface area (Å²) in [6.07, 6.45) is 1.66. The minimum Gasteiger partial charge on any atom is -0.500 e. The lowest BCUT2D eigenvalue weighted by atomic mass is 9.99. The number of methoxy groups -OCH3 is 1. The van der Waals surface area contributed by atoms with Crippen molar-refractivity contribution in [1.82, 2.24) is 4.98 Å². The lowest BCUT2D eigenvalue weighted by molar-refractivity contribution is -0.130. The molecular formula is C18H19NO4. The smallest absolute Gasteiger partial charge is 0.339 e. The quantitative estimate of drug-likeness (QED) is 0.653. The van der Waals surface area contributed by atoms with Crippen LogP contribution in [0.2, 0.25) is 0 Å². The van der Waals surface area contributed by atoms with E-state index < -0.39 is 5.97 Å². The van der Waals surface area contributed by atoms with E-state index in [9.17, 15) is 9.90 Å². The highest BCUT2D eigenvalue weighted by molar-refractivity contribution is 6.16. The topological polar surface area (TPSA) is 68.7 Å². The Hall–Kier alpha value is -2.82. The number of aromatic nitrogens is 1. The van der Waals surface area contributed by atoms with Crippen molar-refractivity contribution in [2.45, 2.75) is 20.5 Å². The Bertz CT molecular complexity index is 737. The summed E-state index contributed by atoms with van der Waals surface area (Å²) in [5.74, 6) is -0.156. The Balaban J connectivity index is 2.34. The molecule has 120 valence electrons. The van der Waals surface area contributed by atoms with Crippen LogP contribution in [-0.2, 0) is 16.1 Å². The highest BCUT2D eigenvalue weighted by Gasteiger charge is 2.18. The van der Waals surface area contributed by atoms with Gasteiger partial charge in [-0.2, -0.15) is 0 Å². The van der Waals surface area contributed by atoms with Gasteiger partial charge in [0, 0.05) is 11.8 Å². The van der Waals surface area contributed by atoms with E-state index in [1.54, 1.807) is 25.3 Å². The van der Waals surface area contributed by atoms with Crippen LogP contribution in [0.4, 0.5) is 0 Å². The highest BCUT2D eigenvalue weighted by Crippen LogP contribution is 2.25. The summed E-state index contributed by atoms with van der Waals surface area (Å²) < 4.78 is 10.8. The molecule has 0 saturated carbocycles. The van der Waals surface area contributed by atoms with Gasteiger partial charge in [-0.1, -0.05) is 30.3 Å². The van der Waals surface area contributed by atoms with Crippen LogP contribution in [0.3, 0.4) is 0 Å². The minimum absolute atomic E-state index is 0.129. The number of allylic oxidation sites excluding steroid dienone is 1. The lowest BCUT2D eigenvalue weighted by Gasteiger charge is -2.14. The molecule has 0 fully saturated rings. The number of aliphatic carboxylic acids is 1. The van der Waals surface area contributed by atoms with Gasteiger partial charge in [-0.3, -0.25) is 0 Å². The fraction of sp³-hybridized carbons (Fsp3) is 0.222. The number of hydrogen-bond acceptors (Lipinski definition) is 4. The summed E-state index contributed by atoms with van der Waals surface area (Å²) in [5, 5.41) is 9.49. The molecule has 0 unspecified atom stereocenters. The van der Waals surface area contributed by atoms with Crippen molar-refractivity contribution in [2.75, 3.05) is 7.11 Å². The molecule has 1 heterocycles. The first-order chi connectivity index (χ1) is 11.0. The first-order valence-corrected chi connectivity index (χ1v) is 7.15. The number of rotatable bonds is 6. The zero-order valence-corrected chi connectivity index (χ0v) is 13.4. The number of nitrogens with zero attached hydrogens (tertiary/aromatic N) is 1. The van der Waals surface area contributed by atoms with Crippen LogP contribution in [0.15, 0.2) is 48.4 Å². The van der Waals surface area contributed by atoms with E-state index in [2.05, 4.69) is 4.98 Å². The number of aryl methyl sites for hydroxylation is 1. The van der Waals surface area contributed by atoms with Gasteiger partial charge >= 0.3 is 5.97 Å². The molecule has 0 radical (unpaired) electrons. The maximum Gasteiger partial charge on any atom is 0.339 e. The van der Waals surface area contributed by atoms with Gasteiger partial charge in [0.05, 0.1) is 7.11 Å². The van der Waals surface area contributed by atoms with Crippen LogP contribution in [0.5, 0.6) is 5.88 Å². The SMILES string of the molecule is COC(C)=C(C(=O)O)c1ccccc1COc1ncccc1C. The molecule has 0 amide bonds. The predicted molar refractivity (Wildman–Crippen MR) is 87.0 cm³/mol. The molecule has 5 nitrogen and oxygen atoms in total. The Morgan fingerprint density at radius 1 is 1.22 bits per heavy atom. The van der Waals surface area contributed by atoms with Crippen molar-refractivity contribution in [3.05, 3.63) is 65.0 Å². The van der Waals surface area contributed by atoms with Gasteiger partial charge in [0.2, 0.25) is 5.88 Å². The second-order valence-corrected chi connectivity index (χ2v) is 5.01. The summed E-state index contributed by atoms with van der Waals surface area (Å²) in [7, 11) is 1.45. The van der Waals surface area contributed by atoms with E-state index in [1.807, 2.05) is 31.2 Å². The van der Waals surface area contributed by atoms with Crippen molar-refractivity contribution in [3.8, 4) is 5.88 Å². The van der Waals surface area contributed by atoms with Crippen molar-refractivity contribution >= 4 is 11.5 Å². The van der Waals surface area contributed by atoms with E-state index >= 15 is 0 Å². The van der Waals surface area contributed by atoms with Crippen LogP contribution in [0.25, 0.3) is 5.57 Å². The predicted octanol–water partition coefficient (Wildman–Crippen LogP) is 3.43. The van der Waals surface area contributed by atoms with Gasteiger partial charge in [0.1, 0.15) is 17.9 Å². The van der Waals surface area contributed by atoms with Crippen LogP contribution < -0.4 is 4.74 Å². The van der Waals surface area contributed by atoms with E-state index in [0.29, 0.717) is 17.2 Å². The van der Waals surface area contributed by atoms with Crippen LogP contribution in [-0.4, -0.2) is 23.2 Å². The van der Waals surface area contributed by atoms with Gasteiger partial charge in [0.15, 0.2) is 0 Å². The summed E-state index contributed by atoms with van der Waals surface area (Å²) in [6, 6.07) is 11.0. The molecule has 0 atom stereocenters. The minimum atomic E-state index is -1.04. The van der Waals surface area contributed by atoms with Crippen LogP contribution in [0, 0.1) is 6.92 Å². The molecule has 0 aliphatic carbocycles. The fourth-order valence-electron chi connectivity index (χ4n) is 2.22. The summed E-state index contributed by atoms with van der Waals surface area (Å²) in [5.41, 5.74) is 2.38. The van der Waals surface area contributed by atoms with Gasteiger partial charge in [-0.05, 0) is 31.0 Å². The molecule has 1 N–H and O–H groups in total. The van der Waals surface area contributed by atoms with Crippen molar-refractivity contribution < 1.29 is 19.4 Å². The maximum absolute atomic E-state index is 11.6. The summed E-state index contributed by atoms with van der Waals surface area (Å²) >= 11 is 0. The Labute approximate surface area is 135 Å². The summed E-state index contributed by atoms with van der Waals surface area (Å²) in [6.45, 7) is 3.76. The van der Waals surface area contributed by atoms with Crippen molar-refractivity contribution in [1.29, 1.82) is 0 Å². The highest BCUT2D eigenvalue weighted by atomic mass is 16.5. The molecule has 0 saturated heterocycles. The number of benzene rings is 1. The van der Waals surface area contributed by atoms with Crippen LogP contribution >= 0.6 is 0 Å². The second-order valence-electron chi connectivity index (χ2n) is 5.01. The summed E-state index contributed by atoms with van der Waals surface area (Å²) in [4.78, 5) is 15.8. The number of ether oxygens (including phenoxy) is 2. The first-order valence-electron chi connectivity index (χ1n) is 7.15. The van der Waals surface area contributed by atoms with Gasteiger partial charge < -0.3 is 14.6 Å². The molecular weight excluding hydrogens is 294 g/mol. The first kappa shape index (κ1) is 16.5. The van der Waals surface area contributed by atoms with Crippen molar-refractivity contribution in [3.63, 3.8) is 0 Å². The van der Waals surface area contributed by atoms with Gasteiger partial charge in [0.25, 0.3) is 0 Å². The average Bonchev–Trinajstić information content (AvgIpc) is 2.55. The van der Waals surface area contributed by atoms with E-state index in [1.165, 1.54) is 7.11 Å². The number of pyridine rings is 1. The number of hydrogen-bond donors (Lipinski definition) is 1. The molecule has 2 aromatic rings. The lowest BCUT2D eigenvalue weighted by Crippen LogP contribution is -2.08. The zero-order chi connectivity index (χ0) is 16.8. The molecule has 1 aromatic heterocycles. The third kappa shape index (κ3) is 3.88. The molecule has 0 aliphatic rings. The Morgan fingerprint density at radius 3 is 2.61 bits per heavy atom. The molecule has 0 spiro atoms. The molecule has 0 bridgehead atoms. The fourth-order valence-corrected chi connectivity index (χ4v) is 2.22. The average molecular weight is 313 g/mol. The molecule has 0 aliphatic heterocycles. The van der Waals surface area contributed by atoms with Crippen molar-refractivity contribution in [2.24, 2.45) is 0 Å². The van der Waals surface area contributed by atoms with Crippen LogP contribution in [0.1, 0.15) is 23.6 Å². The van der Waals surface area contributed by atoms with Gasteiger partial charge in [-0.25, -0.2) is 9.78 Å². The standard InChI is InChI=1S/C18H19NO4/c1-12-7-6-10-19-17(12)23-11-14-8-4-5-9-15(14)16(18(20)21)13(2)22-3/h4-10H,11H2,1-3H3,(H,20,21). The number of carbonyl (C=O) groups is 1. The molecule has 23 heavy (non-hydrogen) atoms. The zero-order valence-electron chi connectivity index (χ0n) is 13.4. The Morgan fingerprint density at radius 2 is 1.96 bits per heavy atom.